The van der Waals surface area contributed by atoms with E-state index in [9.17, 15) is 5.11 Å². The summed E-state index contributed by atoms with van der Waals surface area (Å²) in [5, 5.41) is 10.7. The van der Waals surface area contributed by atoms with Gasteiger partial charge in [-0.3, -0.25) is 4.90 Å². The van der Waals surface area contributed by atoms with Gasteiger partial charge in [-0.1, -0.05) is 12.1 Å². The summed E-state index contributed by atoms with van der Waals surface area (Å²) in [7, 11) is 4.22. The number of hydrogen-bond donors (Lipinski definition) is 1. The van der Waals surface area contributed by atoms with E-state index in [1.54, 1.807) is 0 Å². The van der Waals surface area contributed by atoms with Gasteiger partial charge in [-0.15, -0.1) is 0 Å². The summed E-state index contributed by atoms with van der Waals surface area (Å²) in [6, 6.07) is 7.94. The lowest BCUT2D eigenvalue weighted by Crippen LogP contribution is -2.42. The summed E-state index contributed by atoms with van der Waals surface area (Å²) in [5.74, 6) is 0.827. The maximum atomic E-state index is 10.7. The second-order valence-corrected chi connectivity index (χ2v) is 5.61. The smallest absolute Gasteiger partial charge is 0.119 e. The van der Waals surface area contributed by atoms with Crippen LogP contribution >= 0.6 is 0 Å². The lowest BCUT2D eigenvalue weighted by Gasteiger charge is -2.31. The highest BCUT2D eigenvalue weighted by Crippen LogP contribution is 2.25. The van der Waals surface area contributed by atoms with Crippen molar-refractivity contribution in [3.8, 4) is 5.75 Å². The molecule has 1 aliphatic rings. The predicted octanol–water partition coefficient (Wildman–Crippen LogP) is 1.75. The molecule has 1 N–H and O–H groups in total. The molecule has 20 heavy (non-hydrogen) atoms. The van der Waals surface area contributed by atoms with Crippen molar-refractivity contribution < 1.29 is 9.84 Å². The van der Waals surface area contributed by atoms with Gasteiger partial charge in [-0.05, 0) is 58.2 Å². The average molecular weight is 278 g/mol. The summed E-state index contributed by atoms with van der Waals surface area (Å²) < 4.78 is 5.52. The molecule has 4 heteroatoms. The van der Waals surface area contributed by atoms with Crippen molar-refractivity contribution in [1.82, 2.24) is 9.80 Å². The highest BCUT2D eigenvalue weighted by atomic mass is 16.5. The van der Waals surface area contributed by atoms with Crippen molar-refractivity contribution in [2.45, 2.75) is 25.5 Å². The number of aliphatic hydroxyl groups is 1. The molecule has 2 unspecified atom stereocenters. The maximum Gasteiger partial charge on any atom is 0.119 e. The van der Waals surface area contributed by atoms with Gasteiger partial charge in [0.25, 0.3) is 0 Å². The normalized spacial score (nSPS) is 23.3. The summed E-state index contributed by atoms with van der Waals surface area (Å²) in [6.45, 7) is 5.61. The highest BCUT2D eigenvalue weighted by molar-refractivity contribution is 5.30. The molecule has 1 aromatic carbocycles. The molecular formula is C16H26N2O2. The zero-order chi connectivity index (χ0) is 14.5. The Bertz CT molecular complexity index is 425. The Kier molecular flexibility index (Phi) is 5.40. The summed E-state index contributed by atoms with van der Waals surface area (Å²) in [6.07, 6.45) is 0.663. The monoisotopic (exact) mass is 278 g/mol. The van der Waals surface area contributed by atoms with E-state index in [2.05, 4.69) is 23.9 Å². The number of benzene rings is 1. The number of hydrogen-bond acceptors (Lipinski definition) is 4. The highest BCUT2D eigenvalue weighted by Gasteiger charge is 2.28. The number of rotatable bonds is 4. The van der Waals surface area contributed by atoms with Gasteiger partial charge < -0.3 is 14.7 Å². The van der Waals surface area contributed by atoms with Crippen molar-refractivity contribution in [3.05, 3.63) is 29.8 Å². The Hall–Kier alpha value is -1.10. The standard InChI is InChI=1S/C16H26N2O2/c1-4-20-14-8-5-7-13(11-14)16(19)15-12-17(2)9-6-10-18(15)3/h5,7-8,11,15-16,19H,4,6,9-10,12H2,1-3H3. The quantitative estimate of drug-likeness (QED) is 0.910. The van der Waals surface area contributed by atoms with E-state index in [0.29, 0.717) is 6.61 Å². The molecule has 0 amide bonds. The molecule has 0 spiro atoms. The van der Waals surface area contributed by atoms with Gasteiger partial charge in [-0.2, -0.15) is 0 Å². The Balaban J connectivity index is 2.15. The molecule has 2 atom stereocenters. The first-order valence-corrected chi connectivity index (χ1v) is 7.41. The van der Waals surface area contributed by atoms with Crippen molar-refractivity contribution in [2.75, 3.05) is 40.3 Å². The first-order chi connectivity index (χ1) is 9.61. The van der Waals surface area contributed by atoms with Crippen LogP contribution < -0.4 is 4.74 Å². The van der Waals surface area contributed by atoms with Crippen molar-refractivity contribution in [1.29, 1.82) is 0 Å². The van der Waals surface area contributed by atoms with Gasteiger partial charge in [-0.25, -0.2) is 0 Å². The van der Waals surface area contributed by atoms with E-state index in [-0.39, 0.29) is 6.04 Å². The van der Waals surface area contributed by atoms with Crippen LogP contribution in [0.2, 0.25) is 0 Å². The van der Waals surface area contributed by atoms with Gasteiger partial charge in [0.05, 0.1) is 18.8 Å². The molecule has 0 bridgehead atoms. The molecule has 0 aromatic heterocycles. The Morgan fingerprint density at radius 3 is 2.90 bits per heavy atom. The molecule has 0 saturated carbocycles. The molecule has 0 radical (unpaired) electrons. The third-order valence-electron chi connectivity index (χ3n) is 3.99. The van der Waals surface area contributed by atoms with Crippen LogP contribution in [0.4, 0.5) is 0 Å². The minimum Gasteiger partial charge on any atom is -0.494 e. The average Bonchev–Trinajstić information content (AvgIpc) is 2.60. The zero-order valence-corrected chi connectivity index (χ0v) is 12.7. The van der Waals surface area contributed by atoms with E-state index >= 15 is 0 Å². The van der Waals surface area contributed by atoms with Crippen molar-refractivity contribution in [2.24, 2.45) is 0 Å². The Labute approximate surface area is 122 Å². The van der Waals surface area contributed by atoms with E-state index in [1.165, 1.54) is 0 Å². The Morgan fingerprint density at radius 1 is 1.35 bits per heavy atom. The van der Waals surface area contributed by atoms with Crippen LogP contribution in [-0.2, 0) is 0 Å². The molecule has 112 valence electrons. The van der Waals surface area contributed by atoms with Crippen LogP contribution in [0.3, 0.4) is 0 Å². The SMILES string of the molecule is CCOc1cccc(C(O)C2CN(C)CCCN2C)c1. The molecule has 1 fully saturated rings. The lowest BCUT2D eigenvalue weighted by atomic mass is 10.0. The molecule has 4 nitrogen and oxygen atoms in total. The summed E-state index contributed by atoms with van der Waals surface area (Å²) >= 11 is 0. The van der Waals surface area contributed by atoms with Crippen molar-refractivity contribution in [3.63, 3.8) is 0 Å². The molecular weight excluding hydrogens is 252 g/mol. The molecule has 1 heterocycles. The van der Waals surface area contributed by atoms with Crippen molar-refractivity contribution >= 4 is 0 Å². The lowest BCUT2D eigenvalue weighted by molar-refractivity contribution is 0.0570. The number of likely N-dealkylation sites (N-methyl/N-ethyl adjacent to an activating group) is 2. The van der Waals surface area contributed by atoms with E-state index in [0.717, 1.165) is 37.4 Å². The fourth-order valence-electron chi connectivity index (χ4n) is 2.82. The Morgan fingerprint density at radius 2 is 2.15 bits per heavy atom. The zero-order valence-electron chi connectivity index (χ0n) is 12.7. The van der Waals surface area contributed by atoms with Crippen LogP contribution in [0.5, 0.6) is 5.75 Å². The maximum absolute atomic E-state index is 10.7. The van der Waals surface area contributed by atoms with Gasteiger partial charge in [0.1, 0.15) is 5.75 Å². The second kappa shape index (κ2) is 7.07. The fourth-order valence-corrected chi connectivity index (χ4v) is 2.82. The van der Waals surface area contributed by atoms with E-state index in [1.807, 2.05) is 31.2 Å². The van der Waals surface area contributed by atoms with Gasteiger partial charge in [0.2, 0.25) is 0 Å². The van der Waals surface area contributed by atoms with Crippen LogP contribution in [0, 0.1) is 0 Å². The molecule has 1 aliphatic heterocycles. The first kappa shape index (κ1) is 15.3. The minimum atomic E-state index is -0.485. The number of nitrogens with zero attached hydrogens (tertiary/aromatic N) is 2. The van der Waals surface area contributed by atoms with Crippen LogP contribution in [0.1, 0.15) is 25.0 Å². The molecule has 0 aliphatic carbocycles. The van der Waals surface area contributed by atoms with Gasteiger partial charge in [0, 0.05) is 6.54 Å². The third kappa shape index (κ3) is 3.72. The molecule has 2 rings (SSSR count). The molecule has 1 saturated heterocycles. The summed E-state index contributed by atoms with van der Waals surface area (Å²) in [5.41, 5.74) is 0.933. The third-order valence-corrected chi connectivity index (χ3v) is 3.99. The summed E-state index contributed by atoms with van der Waals surface area (Å²) in [4.78, 5) is 4.56. The first-order valence-electron chi connectivity index (χ1n) is 7.41. The number of ether oxygens (including phenoxy) is 1. The van der Waals surface area contributed by atoms with Gasteiger partial charge >= 0.3 is 0 Å². The topological polar surface area (TPSA) is 35.9 Å². The predicted molar refractivity (Wildman–Crippen MR) is 81.1 cm³/mol. The minimum absolute atomic E-state index is 0.124. The largest absolute Gasteiger partial charge is 0.494 e. The van der Waals surface area contributed by atoms with Crippen LogP contribution in [0.15, 0.2) is 24.3 Å². The molecule has 1 aromatic rings. The van der Waals surface area contributed by atoms with Crippen LogP contribution in [0.25, 0.3) is 0 Å². The fraction of sp³-hybridized carbons (Fsp3) is 0.625. The van der Waals surface area contributed by atoms with E-state index in [4.69, 9.17) is 4.74 Å². The van der Waals surface area contributed by atoms with E-state index < -0.39 is 6.10 Å². The number of aliphatic hydroxyl groups excluding tert-OH is 1. The van der Waals surface area contributed by atoms with Crippen LogP contribution in [-0.4, -0.2) is 61.3 Å². The van der Waals surface area contributed by atoms with Gasteiger partial charge in [0.15, 0.2) is 0 Å². The second-order valence-electron chi connectivity index (χ2n) is 5.61.